The molecule has 6 nitrogen and oxygen atoms in total. The molecule has 0 radical (unpaired) electrons. The maximum absolute atomic E-state index is 11.8. The van der Waals surface area contributed by atoms with Gasteiger partial charge in [0, 0.05) is 13.6 Å². The first-order valence-electron chi connectivity index (χ1n) is 5.30. The van der Waals surface area contributed by atoms with Crippen LogP contribution >= 0.6 is 11.6 Å². The van der Waals surface area contributed by atoms with Crippen LogP contribution in [0.3, 0.4) is 0 Å². The van der Waals surface area contributed by atoms with Gasteiger partial charge in [-0.05, 0) is 13.8 Å². The molecule has 0 saturated heterocycles. The summed E-state index contributed by atoms with van der Waals surface area (Å²) in [6, 6.07) is 0. The summed E-state index contributed by atoms with van der Waals surface area (Å²) in [6.45, 7) is 4.03. The number of aryl methyl sites for hydroxylation is 2. The van der Waals surface area contributed by atoms with Crippen molar-refractivity contribution in [1.29, 1.82) is 0 Å². The second-order valence-corrected chi connectivity index (χ2v) is 4.48. The summed E-state index contributed by atoms with van der Waals surface area (Å²) in [5, 5.41) is -0.327. The Hall–Kier alpha value is -1.56. The van der Waals surface area contributed by atoms with Crippen molar-refractivity contribution in [3.8, 4) is 0 Å². The van der Waals surface area contributed by atoms with Crippen LogP contribution in [0.5, 0.6) is 0 Å². The first kappa shape index (κ1) is 11.9. The summed E-state index contributed by atoms with van der Waals surface area (Å²) in [5.74, 6) is 0.569. The van der Waals surface area contributed by atoms with Crippen molar-refractivity contribution in [1.82, 2.24) is 19.1 Å². The van der Waals surface area contributed by atoms with Gasteiger partial charge in [-0.3, -0.25) is 14.3 Å². The minimum absolute atomic E-state index is 0.327. The Morgan fingerprint density at radius 2 is 2.12 bits per heavy atom. The molecule has 0 bridgehead atoms. The molecule has 0 aromatic carbocycles. The van der Waals surface area contributed by atoms with Gasteiger partial charge in [-0.1, -0.05) is 0 Å². The molecule has 0 aliphatic rings. The third-order valence-corrected chi connectivity index (χ3v) is 2.91. The number of rotatable bonds is 2. The van der Waals surface area contributed by atoms with E-state index in [9.17, 15) is 9.59 Å². The Balaban J connectivity index is 3.00. The highest BCUT2D eigenvalue weighted by Crippen LogP contribution is 2.20. The highest BCUT2D eigenvalue weighted by Gasteiger charge is 2.17. The first-order chi connectivity index (χ1) is 7.97. The number of nitrogens with zero attached hydrogens (tertiary/aromatic N) is 3. The van der Waals surface area contributed by atoms with E-state index in [0.29, 0.717) is 23.5 Å². The molecule has 0 spiro atoms. The van der Waals surface area contributed by atoms with Gasteiger partial charge in [-0.25, -0.2) is 9.78 Å². The number of imidazole rings is 1. The highest BCUT2D eigenvalue weighted by atomic mass is 35.5. The van der Waals surface area contributed by atoms with Crippen LogP contribution < -0.4 is 11.2 Å². The van der Waals surface area contributed by atoms with E-state index in [2.05, 4.69) is 9.97 Å². The Kier molecular flexibility index (Phi) is 2.82. The number of halogens is 1. The summed E-state index contributed by atoms with van der Waals surface area (Å²) in [6.07, 6.45) is 0. The van der Waals surface area contributed by atoms with E-state index in [-0.39, 0.29) is 5.38 Å². The average Bonchev–Trinajstić information content (AvgIpc) is 2.57. The molecule has 0 amide bonds. The van der Waals surface area contributed by atoms with Crippen LogP contribution in [0.1, 0.15) is 25.0 Å². The summed E-state index contributed by atoms with van der Waals surface area (Å²) < 4.78 is 3.04. The highest BCUT2D eigenvalue weighted by molar-refractivity contribution is 6.20. The molecule has 2 aromatic rings. The normalized spacial score (nSPS) is 13.2. The van der Waals surface area contributed by atoms with E-state index < -0.39 is 11.2 Å². The smallest absolute Gasteiger partial charge is 0.324 e. The quantitative estimate of drug-likeness (QED) is 0.806. The Morgan fingerprint density at radius 1 is 1.47 bits per heavy atom. The molecule has 7 heteroatoms. The molecule has 0 saturated carbocycles. The Bertz CT molecular complexity index is 680. The number of alkyl halides is 1. The molecule has 2 rings (SSSR count). The molecule has 1 N–H and O–H groups in total. The summed E-state index contributed by atoms with van der Waals surface area (Å²) >= 11 is 5.98. The van der Waals surface area contributed by atoms with E-state index in [1.54, 1.807) is 18.5 Å². The van der Waals surface area contributed by atoms with Crippen LogP contribution in [-0.2, 0) is 13.6 Å². The molecular formula is C10H13ClN4O2. The molecule has 0 unspecified atom stereocenters. The number of H-pyrrole nitrogens is 1. The van der Waals surface area contributed by atoms with E-state index in [1.807, 2.05) is 6.92 Å². The summed E-state index contributed by atoms with van der Waals surface area (Å²) in [7, 11) is 1.71. The van der Waals surface area contributed by atoms with Gasteiger partial charge in [0.2, 0.25) is 0 Å². The van der Waals surface area contributed by atoms with Crippen LogP contribution in [0, 0.1) is 0 Å². The lowest BCUT2D eigenvalue weighted by Crippen LogP contribution is -2.30. The van der Waals surface area contributed by atoms with Crippen molar-refractivity contribution < 1.29 is 0 Å². The zero-order chi connectivity index (χ0) is 12.7. The van der Waals surface area contributed by atoms with Crippen LogP contribution in [0.15, 0.2) is 9.59 Å². The van der Waals surface area contributed by atoms with Crippen molar-refractivity contribution in [3.05, 3.63) is 26.7 Å². The fourth-order valence-corrected chi connectivity index (χ4v) is 2.11. The van der Waals surface area contributed by atoms with Crippen LogP contribution in [-0.4, -0.2) is 19.1 Å². The molecule has 2 aromatic heterocycles. The number of fused-ring (bicyclic) bond motifs is 1. The second-order valence-electron chi connectivity index (χ2n) is 3.82. The first-order valence-corrected chi connectivity index (χ1v) is 5.74. The minimum Gasteiger partial charge on any atom is -0.324 e. The monoisotopic (exact) mass is 256 g/mol. The van der Waals surface area contributed by atoms with Crippen LogP contribution in [0.25, 0.3) is 11.2 Å². The Labute approximate surface area is 102 Å². The molecule has 2 heterocycles. The Morgan fingerprint density at radius 3 is 2.65 bits per heavy atom. The largest absolute Gasteiger partial charge is 0.330 e. The van der Waals surface area contributed by atoms with Gasteiger partial charge in [0.25, 0.3) is 5.56 Å². The maximum atomic E-state index is 11.8. The van der Waals surface area contributed by atoms with Gasteiger partial charge in [0.05, 0.1) is 5.38 Å². The zero-order valence-electron chi connectivity index (χ0n) is 9.82. The summed E-state index contributed by atoms with van der Waals surface area (Å²) in [4.78, 5) is 29.9. The van der Waals surface area contributed by atoms with E-state index in [0.717, 1.165) is 0 Å². The van der Waals surface area contributed by atoms with Gasteiger partial charge in [-0.2, -0.15) is 0 Å². The van der Waals surface area contributed by atoms with Crippen LogP contribution in [0.4, 0.5) is 0 Å². The van der Waals surface area contributed by atoms with E-state index >= 15 is 0 Å². The maximum Gasteiger partial charge on any atom is 0.330 e. The fourth-order valence-electron chi connectivity index (χ4n) is 1.91. The summed E-state index contributed by atoms with van der Waals surface area (Å²) in [5.41, 5.74) is -0.134. The van der Waals surface area contributed by atoms with Gasteiger partial charge in [-0.15, -0.1) is 11.6 Å². The molecule has 92 valence electrons. The number of aromatic amines is 1. The van der Waals surface area contributed by atoms with Gasteiger partial charge >= 0.3 is 5.69 Å². The third-order valence-electron chi connectivity index (χ3n) is 2.72. The second kappa shape index (κ2) is 4.03. The zero-order valence-corrected chi connectivity index (χ0v) is 10.6. The number of aromatic nitrogens is 4. The lowest BCUT2D eigenvalue weighted by molar-refractivity contribution is 0.718. The number of nitrogens with one attached hydrogen (secondary N) is 1. The molecule has 0 aliphatic carbocycles. The molecule has 17 heavy (non-hydrogen) atoms. The SMILES string of the molecule is CCn1c(=O)[nH]c(=O)c2c1nc([C@H](C)Cl)n2C. The van der Waals surface area contributed by atoms with Crippen LogP contribution in [0.2, 0.25) is 0 Å². The average molecular weight is 257 g/mol. The van der Waals surface area contributed by atoms with Crippen molar-refractivity contribution in [2.75, 3.05) is 0 Å². The van der Waals surface area contributed by atoms with E-state index in [1.165, 1.54) is 4.57 Å². The minimum atomic E-state index is -0.447. The standard InChI is InChI=1S/C10H13ClN4O2/c1-4-15-8-6(9(16)13-10(15)17)14(3)7(12-8)5(2)11/h5H,4H2,1-3H3,(H,13,16,17)/t5-/m0/s1. The number of hydrogen-bond acceptors (Lipinski definition) is 3. The lowest BCUT2D eigenvalue weighted by atomic mass is 10.4. The lowest BCUT2D eigenvalue weighted by Gasteiger charge is -2.02. The predicted molar refractivity (Wildman–Crippen MR) is 65.5 cm³/mol. The van der Waals surface area contributed by atoms with Crippen molar-refractivity contribution >= 4 is 22.8 Å². The van der Waals surface area contributed by atoms with E-state index in [4.69, 9.17) is 11.6 Å². The van der Waals surface area contributed by atoms with Gasteiger partial charge in [0.15, 0.2) is 11.2 Å². The molecular weight excluding hydrogens is 244 g/mol. The van der Waals surface area contributed by atoms with Crippen molar-refractivity contribution in [2.45, 2.75) is 25.8 Å². The van der Waals surface area contributed by atoms with Crippen molar-refractivity contribution in [3.63, 3.8) is 0 Å². The van der Waals surface area contributed by atoms with Gasteiger partial charge in [0.1, 0.15) is 5.82 Å². The number of hydrogen-bond donors (Lipinski definition) is 1. The predicted octanol–water partition coefficient (Wildman–Crippen LogP) is 0.743. The molecule has 0 fully saturated rings. The topological polar surface area (TPSA) is 72.7 Å². The molecule has 0 aliphatic heterocycles. The fraction of sp³-hybridized carbons (Fsp3) is 0.500. The van der Waals surface area contributed by atoms with Crippen molar-refractivity contribution in [2.24, 2.45) is 7.05 Å². The third kappa shape index (κ3) is 1.68. The van der Waals surface area contributed by atoms with Gasteiger partial charge < -0.3 is 4.57 Å². The molecule has 1 atom stereocenters.